The molecule has 3 nitrogen and oxygen atoms in total. The fourth-order valence-corrected chi connectivity index (χ4v) is 1.04. The van der Waals surface area contributed by atoms with E-state index in [1.54, 1.807) is 11.0 Å². The van der Waals surface area contributed by atoms with Gasteiger partial charge in [0.05, 0.1) is 5.92 Å². The van der Waals surface area contributed by atoms with Gasteiger partial charge in [-0.15, -0.1) is 6.58 Å². The van der Waals surface area contributed by atoms with Crippen molar-refractivity contribution < 1.29 is 4.79 Å². The van der Waals surface area contributed by atoms with Gasteiger partial charge >= 0.3 is 0 Å². The standard InChI is InChI=1S/C10H20N2O/c1-5-7-12(6-2)10(13)8(3)9(4)11/h5,8-9H,1,6-7,11H2,2-4H3. The number of amides is 1. The van der Waals surface area contributed by atoms with Gasteiger partial charge in [-0.05, 0) is 13.8 Å². The monoisotopic (exact) mass is 184 g/mol. The number of nitrogens with two attached hydrogens (primary N) is 1. The summed E-state index contributed by atoms with van der Waals surface area (Å²) < 4.78 is 0. The molecule has 76 valence electrons. The minimum atomic E-state index is -0.111. The molecular formula is C10H20N2O. The number of rotatable bonds is 5. The highest BCUT2D eigenvalue weighted by atomic mass is 16.2. The average Bonchev–Trinajstić information content (AvgIpc) is 2.11. The van der Waals surface area contributed by atoms with Gasteiger partial charge in [0.15, 0.2) is 0 Å². The first-order valence-electron chi connectivity index (χ1n) is 4.69. The topological polar surface area (TPSA) is 46.3 Å². The zero-order chi connectivity index (χ0) is 10.4. The van der Waals surface area contributed by atoms with Crippen LogP contribution in [0.4, 0.5) is 0 Å². The third-order valence-electron chi connectivity index (χ3n) is 2.22. The lowest BCUT2D eigenvalue weighted by Gasteiger charge is -2.24. The molecule has 1 amide bonds. The Morgan fingerprint density at radius 2 is 2.15 bits per heavy atom. The van der Waals surface area contributed by atoms with Crippen LogP contribution in [0.2, 0.25) is 0 Å². The second kappa shape index (κ2) is 5.75. The van der Waals surface area contributed by atoms with Crippen LogP contribution in [0.3, 0.4) is 0 Å². The summed E-state index contributed by atoms with van der Waals surface area (Å²) in [5.74, 6) is -0.00250. The van der Waals surface area contributed by atoms with E-state index in [0.717, 1.165) is 0 Å². The van der Waals surface area contributed by atoms with Gasteiger partial charge in [-0.1, -0.05) is 13.0 Å². The number of nitrogens with zero attached hydrogens (tertiary/aromatic N) is 1. The lowest BCUT2D eigenvalue weighted by atomic mass is 10.0. The highest BCUT2D eigenvalue weighted by molar-refractivity contribution is 5.79. The van der Waals surface area contributed by atoms with Crippen molar-refractivity contribution in [1.29, 1.82) is 0 Å². The molecule has 0 heterocycles. The first-order chi connectivity index (χ1) is 6.04. The lowest BCUT2D eigenvalue weighted by Crippen LogP contribution is -2.41. The van der Waals surface area contributed by atoms with Crippen LogP contribution in [0.5, 0.6) is 0 Å². The van der Waals surface area contributed by atoms with Crippen molar-refractivity contribution in [3.05, 3.63) is 12.7 Å². The molecule has 0 aliphatic carbocycles. The molecule has 0 aromatic carbocycles. The van der Waals surface area contributed by atoms with E-state index >= 15 is 0 Å². The molecule has 0 aromatic heterocycles. The lowest BCUT2D eigenvalue weighted by molar-refractivity contribution is -0.134. The van der Waals surface area contributed by atoms with Crippen LogP contribution < -0.4 is 5.73 Å². The summed E-state index contributed by atoms with van der Waals surface area (Å²) in [7, 11) is 0. The van der Waals surface area contributed by atoms with Crippen molar-refractivity contribution in [3.8, 4) is 0 Å². The molecule has 13 heavy (non-hydrogen) atoms. The Hall–Kier alpha value is -0.830. The Kier molecular flexibility index (Phi) is 5.39. The van der Waals surface area contributed by atoms with E-state index in [1.807, 2.05) is 20.8 Å². The maximum Gasteiger partial charge on any atom is 0.227 e. The number of hydrogen-bond acceptors (Lipinski definition) is 2. The smallest absolute Gasteiger partial charge is 0.227 e. The van der Waals surface area contributed by atoms with Gasteiger partial charge in [-0.25, -0.2) is 0 Å². The predicted molar refractivity (Wildman–Crippen MR) is 55.3 cm³/mol. The van der Waals surface area contributed by atoms with E-state index in [2.05, 4.69) is 6.58 Å². The van der Waals surface area contributed by atoms with Crippen molar-refractivity contribution in [1.82, 2.24) is 4.90 Å². The van der Waals surface area contributed by atoms with Crippen LogP contribution in [-0.4, -0.2) is 29.9 Å². The van der Waals surface area contributed by atoms with Gasteiger partial charge < -0.3 is 10.6 Å². The van der Waals surface area contributed by atoms with Crippen LogP contribution in [0.25, 0.3) is 0 Å². The van der Waals surface area contributed by atoms with Gasteiger partial charge in [-0.3, -0.25) is 4.79 Å². The van der Waals surface area contributed by atoms with Gasteiger partial charge in [0, 0.05) is 19.1 Å². The fraction of sp³-hybridized carbons (Fsp3) is 0.700. The van der Waals surface area contributed by atoms with E-state index in [0.29, 0.717) is 13.1 Å². The van der Waals surface area contributed by atoms with Gasteiger partial charge in [0.25, 0.3) is 0 Å². The summed E-state index contributed by atoms with van der Waals surface area (Å²) in [4.78, 5) is 13.5. The second-order valence-electron chi connectivity index (χ2n) is 3.31. The van der Waals surface area contributed by atoms with Crippen LogP contribution in [0.15, 0.2) is 12.7 Å². The largest absolute Gasteiger partial charge is 0.339 e. The maximum atomic E-state index is 11.7. The Morgan fingerprint density at radius 3 is 2.46 bits per heavy atom. The van der Waals surface area contributed by atoms with Gasteiger partial charge in [0.1, 0.15) is 0 Å². The summed E-state index contributed by atoms with van der Waals surface area (Å²) >= 11 is 0. The van der Waals surface area contributed by atoms with Crippen LogP contribution >= 0.6 is 0 Å². The summed E-state index contributed by atoms with van der Waals surface area (Å²) in [6.07, 6.45) is 1.73. The number of carbonyl (C=O) groups is 1. The molecule has 0 aliphatic rings. The molecule has 0 bridgehead atoms. The summed E-state index contributed by atoms with van der Waals surface area (Å²) in [6, 6.07) is -0.0913. The van der Waals surface area contributed by atoms with Crippen molar-refractivity contribution >= 4 is 5.91 Å². The van der Waals surface area contributed by atoms with Crippen molar-refractivity contribution in [2.75, 3.05) is 13.1 Å². The first kappa shape index (κ1) is 12.2. The molecule has 0 rings (SSSR count). The number of carbonyl (C=O) groups excluding carboxylic acids is 1. The Balaban J connectivity index is 4.27. The second-order valence-corrected chi connectivity index (χ2v) is 3.31. The molecule has 0 saturated heterocycles. The number of likely N-dealkylation sites (N-methyl/N-ethyl adjacent to an activating group) is 1. The quantitative estimate of drug-likeness (QED) is 0.648. The van der Waals surface area contributed by atoms with E-state index in [1.165, 1.54) is 0 Å². The zero-order valence-electron chi connectivity index (χ0n) is 8.79. The molecule has 2 unspecified atom stereocenters. The van der Waals surface area contributed by atoms with Crippen molar-refractivity contribution in [3.63, 3.8) is 0 Å². The summed E-state index contributed by atoms with van der Waals surface area (Å²) in [6.45, 7) is 10.6. The minimum absolute atomic E-state index is 0.0913. The summed E-state index contributed by atoms with van der Waals surface area (Å²) in [5, 5.41) is 0. The first-order valence-corrected chi connectivity index (χ1v) is 4.69. The highest BCUT2D eigenvalue weighted by Crippen LogP contribution is 2.05. The summed E-state index contributed by atoms with van der Waals surface area (Å²) in [5.41, 5.74) is 5.65. The molecule has 0 aliphatic heterocycles. The molecular weight excluding hydrogens is 164 g/mol. The average molecular weight is 184 g/mol. The maximum absolute atomic E-state index is 11.7. The van der Waals surface area contributed by atoms with Gasteiger partial charge in [0.2, 0.25) is 5.91 Å². The van der Waals surface area contributed by atoms with E-state index in [9.17, 15) is 4.79 Å². The molecule has 3 heteroatoms. The normalized spacial score (nSPS) is 14.8. The molecule has 0 saturated carbocycles. The van der Waals surface area contributed by atoms with Gasteiger partial charge in [-0.2, -0.15) is 0 Å². The molecule has 0 aromatic rings. The van der Waals surface area contributed by atoms with E-state index in [-0.39, 0.29) is 17.9 Å². The third-order valence-corrected chi connectivity index (χ3v) is 2.22. The predicted octanol–water partition coefficient (Wildman–Crippen LogP) is 1.00. The minimum Gasteiger partial charge on any atom is -0.339 e. The Bertz CT molecular complexity index is 178. The Labute approximate surface area is 80.6 Å². The molecule has 2 atom stereocenters. The Morgan fingerprint density at radius 1 is 1.62 bits per heavy atom. The third kappa shape index (κ3) is 3.59. The van der Waals surface area contributed by atoms with Crippen molar-refractivity contribution in [2.45, 2.75) is 26.8 Å². The highest BCUT2D eigenvalue weighted by Gasteiger charge is 2.21. The van der Waals surface area contributed by atoms with Crippen LogP contribution in [-0.2, 0) is 4.79 Å². The zero-order valence-corrected chi connectivity index (χ0v) is 8.79. The molecule has 0 radical (unpaired) electrons. The van der Waals surface area contributed by atoms with Crippen LogP contribution in [0.1, 0.15) is 20.8 Å². The van der Waals surface area contributed by atoms with Crippen LogP contribution in [0, 0.1) is 5.92 Å². The number of hydrogen-bond donors (Lipinski definition) is 1. The SMILES string of the molecule is C=CCN(CC)C(=O)C(C)C(C)N. The van der Waals surface area contributed by atoms with E-state index in [4.69, 9.17) is 5.73 Å². The molecule has 0 spiro atoms. The molecule has 2 N–H and O–H groups in total. The van der Waals surface area contributed by atoms with E-state index < -0.39 is 0 Å². The van der Waals surface area contributed by atoms with Crippen molar-refractivity contribution in [2.24, 2.45) is 11.7 Å². The fourth-order valence-electron chi connectivity index (χ4n) is 1.04. The molecule has 0 fully saturated rings.